The average molecular weight is 451 g/mol. The van der Waals surface area contributed by atoms with Gasteiger partial charge in [0.15, 0.2) is 10.1 Å². The Hall–Kier alpha value is -3.34. The molecule has 156 valence electrons. The van der Waals surface area contributed by atoms with Crippen molar-refractivity contribution in [1.82, 2.24) is 10.2 Å². The number of ether oxygens (including phenoxy) is 1. The van der Waals surface area contributed by atoms with Crippen molar-refractivity contribution < 1.29 is 9.53 Å². The van der Waals surface area contributed by atoms with Gasteiger partial charge in [-0.25, -0.2) is 0 Å². The summed E-state index contributed by atoms with van der Waals surface area (Å²) < 4.78 is 5.87. The first-order valence-electron chi connectivity index (χ1n) is 9.52. The highest BCUT2D eigenvalue weighted by atomic mass is 32.2. The lowest BCUT2D eigenvalue weighted by Gasteiger charge is -2.38. The first kappa shape index (κ1) is 20.9. The highest BCUT2D eigenvalue weighted by Gasteiger charge is 2.41. The summed E-state index contributed by atoms with van der Waals surface area (Å²) in [5.41, 5.74) is 8.97. The molecule has 0 amide bonds. The Morgan fingerprint density at radius 3 is 2.74 bits per heavy atom. The predicted octanol–water partition coefficient (Wildman–Crippen LogP) is 3.47. The minimum atomic E-state index is -0.532. The van der Waals surface area contributed by atoms with E-state index < -0.39 is 5.92 Å². The number of aromatic nitrogens is 2. The summed E-state index contributed by atoms with van der Waals surface area (Å²) in [4.78, 5) is 14.8. The molecule has 1 aliphatic carbocycles. The topological polar surface area (TPSA) is 129 Å². The van der Waals surface area contributed by atoms with Crippen LogP contribution < -0.4 is 15.4 Å². The number of benzene rings is 1. The van der Waals surface area contributed by atoms with Crippen LogP contribution in [0.4, 0.5) is 5.13 Å². The number of nitriles is 2. The number of allylic oxidation sites excluding steroid dienone is 3. The molecule has 0 saturated heterocycles. The van der Waals surface area contributed by atoms with Gasteiger partial charge in [-0.3, -0.25) is 9.69 Å². The van der Waals surface area contributed by atoms with Gasteiger partial charge in [-0.1, -0.05) is 35.2 Å². The molecule has 1 atom stereocenters. The fourth-order valence-electron chi connectivity index (χ4n) is 3.88. The molecule has 8 nitrogen and oxygen atoms in total. The minimum absolute atomic E-state index is 0.0101. The van der Waals surface area contributed by atoms with Gasteiger partial charge < -0.3 is 10.5 Å². The van der Waals surface area contributed by atoms with E-state index in [9.17, 15) is 10.1 Å². The van der Waals surface area contributed by atoms with Gasteiger partial charge in [-0.15, -0.1) is 10.2 Å². The van der Waals surface area contributed by atoms with Gasteiger partial charge in [0.25, 0.3) is 0 Å². The second kappa shape index (κ2) is 8.80. The van der Waals surface area contributed by atoms with Crippen LogP contribution in [0.5, 0.6) is 5.75 Å². The van der Waals surface area contributed by atoms with Gasteiger partial charge in [-0.2, -0.15) is 10.5 Å². The largest absolute Gasteiger partial charge is 0.497 e. The number of hydrogen-bond donors (Lipinski definition) is 1. The number of thioether (sulfide) groups is 1. The number of ketones is 1. The maximum atomic E-state index is 13.1. The molecule has 1 unspecified atom stereocenters. The van der Waals surface area contributed by atoms with E-state index in [1.807, 2.05) is 24.3 Å². The van der Waals surface area contributed by atoms with E-state index in [1.54, 1.807) is 12.0 Å². The van der Waals surface area contributed by atoms with Gasteiger partial charge in [0.1, 0.15) is 11.6 Å². The highest BCUT2D eigenvalue weighted by Crippen LogP contribution is 2.47. The Morgan fingerprint density at radius 2 is 2.06 bits per heavy atom. The van der Waals surface area contributed by atoms with E-state index in [0.717, 1.165) is 11.3 Å². The van der Waals surface area contributed by atoms with E-state index >= 15 is 0 Å². The van der Waals surface area contributed by atoms with Crippen molar-refractivity contribution in [2.45, 2.75) is 29.5 Å². The molecule has 0 fully saturated rings. The molecule has 31 heavy (non-hydrogen) atoms. The van der Waals surface area contributed by atoms with Crippen LogP contribution in [-0.2, 0) is 4.79 Å². The van der Waals surface area contributed by atoms with Crippen LogP contribution in [-0.4, -0.2) is 28.8 Å². The quantitative estimate of drug-likeness (QED) is 0.681. The number of rotatable bonds is 5. The first-order chi connectivity index (χ1) is 15.1. The molecule has 0 bridgehead atoms. The van der Waals surface area contributed by atoms with Crippen LogP contribution in [0.3, 0.4) is 0 Å². The van der Waals surface area contributed by atoms with Crippen molar-refractivity contribution in [2.75, 3.05) is 17.8 Å². The molecular formula is C21H18N6O2S2. The Kier molecular flexibility index (Phi) is 5.94. The summed E-state index contributed by atoms with van der Waals surface area (Å²) >= 11 is 2.57. The summed E-state index contributed by atoms with van der Waals surface area (Å²) in [6.07, 6.45) is 1.78. The van der Waals surface area contributed by atoms with Crippen molar-refractivity contribution in [3.8, 4) is 17.9 Å². The average Bonchev–Trinajstić information content (AvgIpc) is 3.25. The minimum Gasteiger partial charge on any atom is -0.497 e. The van der Waals surface area contributed by atoms with Gasteiger partial charge in [0.05, 0.1) is 36.5 Å². The Labute approximate surface area is 187 Å². The second-order valence-corrected chi connectivity index (χ2v) is 9.07. The molecule has 4 rings (SSSR count). The summed E-state index contributed by atoms with van der Waals surface area (Å²) in [5, 5.41) is 27.7. The molecule has 2 aromatic rings. The predicted molar refractivity (Wildman–Crippen MR) is 117 cm³/mol. The van der Waals surface area contributed by atoms with Crippen molar-refractivity contribution in [3.05, 3.63) is 52.5 Å². The molecule has 2 heterocycles. The van der Waals surface area contributed by atoms with E-state index in [-0.39, 0.29) is 17.4 Å². The monoisotopic (exact) mass is 450 g/mol. The fraction of sp³-hybridized carbons (Fsp3) is 0.286. The van der Waals surface area contributed by atoms with Crippen LogP contribution in [0.1, 0.15) is 30.7 Å². The SMILES string of the molecule is COc1ccc(C2C(C#N)=C(N)N(c3nnc(SCC#N)s3)C3=C2C(=O)CCC3)cc1. The lowest BCUT2D eigenvalue weighted by atomic mass is 9.76. The number of nitrogens with zero attached hydrogens (tertiary/aromatic N) is 5. The van der Waals surface area contributed by atoms with E-state index in [4.69, 9.17) is 15.7 Å². The third-order valence-electron chi connectivity index (χ3n) is 5.21. The molecule has 2 aliphatic rings. The van der Waals surface area contributed by atoms with Crippen LogP contribution >= 0.6 is 23.1 Å². The third kappa shape index (κ3) is 3.76. The number of hydrogen-bond acceptors (Lipinski definition) is 10. The van der Waals surface area contributed by atoms with Crippen molar-refractivity contribution in [1.29, 1.82) is 10.5 Å². The lowest BCUT2D eigenvalue weighted by molar-refractivity contribution is -0.116. The molecular weight excluding hydrogens is 432 g/mol. The van der Waals surface area contributed by atoms with Crippen LogP contribution in [0.15, 0.2) is 51.3 Å². The highest BCUT2D eigenvalue weighted by molar-refractivity contribution is 8.01. The number of carbonyl (C=O) groups is 1. The van der Waals surface area contributed by atoms with Crippen molar-refractivity contribution in [2.24, 2.45) is 5.73 Å². The zero-order valence-electron chi connectivity index (χ0n) is 16.7. The van der Waals surface area contributed by atoms with Gasteiger partial charge in [0.2, 0.25) is 5.13 Å². The number of carbonyl (C=O) groups excluding carboxylic acids is 1. The van der Waals surface area contributed by atoms with E-state index in [2.05, 4.69) is 22.3 Å². The summed E-state index contributed by atoms with van der Waals surface area (Å²) in [5.74, 6) is 0.683. The standard InChI is InChI=1S/C21H18N6O2S2/c1-29-13-7-5-12(6-8-13)17-14(11-23)19(24)27(15-3-2-4-16(28)18(15)17)20-25-26-21(31-20)30-10-9-22/h5-8,17H,2-4,10,24H2,1H3. The molecule has 0 saturated carbocycles. The van der Waals surface area contributed by atoms with Crippen LogP contribution in [0.2, 0.25) is 0 Å². The Bertz CT molecular complexity index is 1170. The Balaban J connectivity index is 1.85. The number of nitrogens with two attached hydrogens (primary N) is 1. The Morgan fingerprint density at radius 1 is 1.29 bits per heavy atom. The van der Waals surface area contributed by atoms with Gasteiger partial charge >= 0.3 is 0 Å². The fourth-order valence-corrected chi connectivity index (χ4v) is 5.42. The van der Waals surface area contributed by atoms with Crippen molar-refractivity contribution in [3.63, 3.8) is 0 Å². The summed E-state index contributed by atoms with van der Waals surface area (Å²) in [6.45, 7) is 0. The molecule has 0 spiro atoms. The molecule has 10 heteroatoms. The molecule has 1 aromatic heterocycles. The van der Waals surface area contributed by atoms with E-state index in [0.29, 0.717) is 45.6 Å². The van der Waals surface area contributed by atoms with Crippen LogP contribution in [0.25, 0.3) is 0 Å². The molecule has 0 radical (unpaired) electrons. The van der Waals surface area contributed by atoms with Crippen LogP contribution in [0, 0.1) is 22.7 Å². The number of anilines is 1. The third-order valence-corrected chi connectivity index (χ3v) is 7.12. The molecule has 1 aliphatic heterocycles. The summed E-state index contributed by atoms with van der Waals surface area (Å²) in [7, 11) is 1.59. The van der Waals surface area contributed by atoms with E-state index in [1.165, 1.54) is 23.1 Å². The van der Waals surface area contributed by atoms with Crippen molar-refractivity contribution >= 4 is 34.0 Å². The normalized spacial score (nSPS) is 18.5. The smallest absolute Gasteiger partial charge is 0.219 e. The maximum absolute atomic E-state index is 13.1. The second-order valence-electron chi connectivity index (χ2n) is 6.89. The zero-order valence-corrected chi connectivity index (χ0v) is 18.3. The lowest BCUT2D eigenvalue weighted by Crippen LogP contribution is -2.38. The van der Waals surface area contributed by atoms with Gasteiger partial charge in [-0.05, 0) is 30.5 Å². The number of methoxy groups -OCH3 is 1. The number of Topliss-reactive ketones (excluding diaryl/α,β-unsaturated/α-hetero) is 1. The summed E-state index contributed by atoms with van der Waals surface area (Å²) in [6, 6.07) is 11.6. The first-order valence-corrected chi connectivity index (χ1v) is 11.3. The maximum Gasteiger partial charge on any atom is 0.219 e. The zero-order chi connectivity index (χ0) is 22.0. The molecule has 1 aromatic carbocycles. The van der Waals surface area contributed by atoms with Gasteiger partial charge in [0, 0.05) is 17.7 Å². The molecule has 2 N–H and O–H groups in total.